The molecule has 0 bridgehead atoms. The van der Waals surface area contributed by atoms with Crippen LogP contribution < -0.4 is 0 Å². The second-order valence-electron chi connectivity index (χ2n) is 5.84. The monoisotopic (exact) mass is 490 g/mol. The average Bonchev–Trinajstić information content (AvgIpc) is 2.65. The van der Waals surface area contributed by atoms with Gasteiger partial charge in [0.1, 0.15) is 0 Å². The Morgan fingerprint density at radius 2 is 1.50 bits per heavy atom. The van der Waals surface area contributed by atoms with Crippen LogP contribution in [0.3, 0.4) is 0 Å². The molecule has 0 aliphatic carbocycles. The number of rotatable bonds is 2. The van der Waals surface area contributed by atoms with Crippen molar-refractivity contribution in [2.24, 2.45) is 0 Å². The molecule has 8 heteroatoms. The molecule has 1 aliphatic heterocycles. The minimum absolute atomic E-state index is 0.0908. The third-order valence-electron chi connectivity index (χ3n) is 4.18. The predicted octanol–water partition coefficient (Wildman–Crippen LogP) is 3.82. The van der Waals surface area contributed by atoms with E-state index in [2.05, 4.69) is 22.6 Å². The fourth-order valence-electron chi connectivity index (χ4n) is 2.76. The van der Waals surface area contributed by atoms with Crippen LogP contribution in [-0.2, 0) is 0 Å². The van der Waals surface area contributed by atoms with Crippen molar-refractivity contribution in [2.75, 3.05) is 26.2 Å². The third-order valence-corrected chi connectivity index (χ3v) is 5.36. The molecule has 0 spiro atoms. The molecule has 2 aromatic rings. The number of hydrogen-bond donors (Lipinski definition) is 0. The first-order valence-electron chi connectivity index (χ1n) is 7.85. The van der Waals surface area contributed by atoms with Crippen LogP contribution in [0.2, 0.25) is 5.02 Å². The number of hydrogen-bond acceptors (Lipinski definition) is 2. The average molecular weight is 491 g/mol. The molecule has 26 heavy (non-hydrogen) atoms. The van der Waals surface area contributed by atoms with Gasteiger partial charge in [0.2, 0.25) is 0 Å². The van der Waals surface area contributed by atoms with E-state index in [9.17, 15) is 18.4 Å². The van der Waals surface area contributed by atoms with Crippen molar-refractivity contribution < 1.29 is 18.4 Å². The first-order chi connectivity index (χ1) is 12.4. The first kappa shape index (κ1) is 19.0. The highest BCUT2D eigenvalue weighted by molar-refractivity contribution is 14.1. The Bertz CT molecular complexity index is 870. The molecule has 136 valence electrons. The van der Waals surface area contributed by atoms with Crippen LogP contribution in [0.25, 0.3) is 0 Å². The molecule has 1 fully saturated rings. The SMILES string of the molecule is O=C(c1ccc(F)c(F)c1)N1CCN(C(=O)c2cc(Cl)ccc2I)CC1. The largest absolute Gasteiger partial charge is 0.335 e. The van der Waals surface area contributed by atoms with E-state index >= 15 is 0 Å². The molecule has 0 atom stereocenters. The van der Waals surface area contributed by atoms with Crippen LogP contribution in [-0.4, -0.2) is 47.8 Å². The third kappa shape index (κ3) is 3.98. The molecule has 4 nitrogen and oxygen atoms in total. The van der Waals surface area contributed by atoms with Crippen molar-refractivity contribution in [1.82, 2.24) is 9.80 Å². The molecule has 0 N–H and O–H groups in total. The van der Waals surface area contributed by atoms with E-state index < -0.39 is 11.6 Å². The molecule has 2 amide bonds. The number of benzene rings is 2. The van der Waals surface area contributed by atoms with Crippen LogP contribution in [0, 0.1) is 15.2 Å². The van der Waals surface area contributed by atoms with Gasteiger partial charge in [0.15, 0.2) is 11.6 Å². The lowest BCUT2D eigenvalue weighted by Gasteiger charge is -2.35. The lowest BCUT2D eigenvalue weighted by Crippen LogP contribution is -2.50. The van der Waals surface area contributed by atoms with Crippen LogP contribution in [0.1, 0.15) is 20.7 Å². The lowest BCUT2D eigenvalue weighted by molar-refractivity contribution is 0.0534. The lowest BCUT2D eigenvalue weighted by atomic mass is 10.1. The maximum atomic E-state index is 13.3. The van der Waals surface area contributed by atoms with Crippen molar-refractivity contribution in [3.63, 3.8) is 0 Å². The number of piperazine rings is 1. The standard InChI is InChI=1S/C18H14ClF2IN2O2/c19-12-2-4-16(22)13(10-12)18(26)24-7-5-23(6-8-24)17(25)11-1-3-14(20)15(21)9-11/h1-4,9-10H,5-8H2. The summed E-state index contributed by atoms with van der Waals surface area (Å²) in [7, 11) is 0. The van der Waals surface area contributed by atoms with Gasteiger partial charge < -0.3 is 9.80 Å². The molecular weight excluding hydrogens is 477 g/mol. The molecular formula is C18H14ClF2IN2O2. The minimum atomic E-state index is -1.06. The van der Waals surface area contributed by atoms with Gasteiger partial charge in [0.05, 0.1) is 5.56 Å². The molecule has 0 unspecified atom stereocenters. The van der Waals surface area contributed by atoms with E-state index in [0.717, 1.165) is 15.7 Å². The Morgan fingerprint density at radius 1 is 0.885 bits per heavy atom. The van der Waals surface area contributed by atoms with Gasteiger partial charge in [-0.2, -0.15) is 0 Å². The molecule has 0 saturated carbocycles. The minimum Gasteiger partial charge on any atom is -0.335 e. The van der Waals surface area contributed by atoms with Gasteiger partial charge in [0, 0.05) is 40.3 Å². The summed E-state index contributed by atoms with van der Waals surface area (Å²) in [5.41, 5.74) is 0.617. The highest BCUT2D eigenvalue weighted by Gasteiger charge is 2.26. The van der Waals surface area contributed by atoms with E-state index in [4.69, 9.17) is 11.6 Å². The van der Waals surface area contributed by atoms with E-state index in [0.29, 0.717) is 36.8 Å². The Labute approximate surface area is 167 Å². The predicted molar refractivity (Wildman–Crippen MR) is 102 cm³/mol. The van der Waals surface area contributed by atoms with Crippen molar-refractivity contribution in [3.05, 3.63) is 67.8 Å². The van der Waals surface area contributed by atoms with Crippen LogP contribution >= 0.6 is 34.2 Å². The Kier molecular flexibility index (Phi) is 5.76. The topological polar surface area (TPSA) is 40.6 Å². The molecule has 2 aromatic carbocycles. The van der Waals surface area contributed by atoms with Crippen molar-refractivity contribution >= 4 is 46.0 Å². The van der Waals surface area contributed by atoms with Crippen molar-refractivity contribution in [1.29, 1.82) is 0 Å². The molecule has 1 aliphatic rings. The second-order valence-corrected chi connectivity index (χ2v) is 7.44. The maximum absolute atomic E-state index is 13.3. The van der Waals surface area contributed by atoms with Gasteiger partial charge in [0.25, 0.3) is 11.8 Å². The van der Waals surface area contributed by atoms with Gasteiger partial charge >= 0.3 is 0 Å². The van der Waals surface area contributed by atoms with Crippen LogP contribution in [0.15, 0.2) is 36.4 Å². The summed E-state index contributed by atoms with van der Waals surface area (Å²) in [6.07, 6.45) is 0. The number of amides is 2. The van der Waals surface area contributed by atoms with Gasteiger partial charge in [-0.1, -0.05) is 11.6 Å². The van der Waals surface area contributed by atoms with Crippen molar-refractivity contribution in [3.8, 4) is 0 Å². The van der Waals surface area contributed by atoms with Gasteiger partial charge in [-0.05, 0) is 59.0 Å². The quantitative estimate of drug-likeness (QED) is 0.601. The Hall–Kier alpha value is -1.74. The highest BCUT2D eigenvalue weighted by Crippen LogP contribution is 2.21. The molecule has 3 rings (SSSR count). The smallest absolute Gasteiger partial charge is 0.255 e. The molecule has 1 saturated heterocycles. The summed E-state index contributed by atoms with van der Waals surface area (Å²) in [4.78, 5) is 28.3. The van der Waals surface area contributed by atoms with Gasteiger partial charge in [-0.3, -0.25) is 9.59 Å². The van der Waals surface area contributed by atoms with E-state index in [1.807, 2.05) is 0 Å². The first-order valence-corrected chi connectivity index (χ1v) is 9.31. The fraction of sp³-hybridized carbons (Fsp3) is 0.222. The summed E-state index contributed by atoms with van der Waals surface area (Å²) in [5.74, 6) is -2.57. The van der Waals surface area contributed by atoms with E-state index in [1.54, 1.807) is 23.1 Å². The van der Waals surface area contributed by atoms with E-state index in [1.165, 1.54) is 11.0 Å². The zero-order chi connectivity index (χ0) is 18.8. The molecule has 0 radical (unpaired) electrons. The summed E-state index contributed by atoms with van der Waals surface area (Å²) in [6, 6.07) is 8.21. The zero-order valence-corrected chi connectivity index (χ0v) is 16.4. The number of carbonyl (C=O) groups excluding carboxylic acids is 2. The second kappa shape index (κ2) is 7.87. The Morgan fingerprint density at radius 3 is 2.12 bits per heavy atom. The zero-order valence-electron chi connectivity index (χ0n) is 13.5. The van der Waals surface area contributed by atoms with Crippen LogP contribution in [0.4, 0.5) is 8.78 Å². The van der Waals surface area contributed by atoms with Crippen molar-refractivity contribution in [2.45, 2.75) is 0 Å². The number of halogens is 4. The summed E-state index contributed by atoms with van der Waals surface area (Å²) >= 11 is 8.05. The summed E-state index contributed by atoms with van der Waals surface area (Å²) in [6.45, 7) is 1.36. The normalized spacial score (nSPS) is 14.5. The highest BCUT2D eigenvalue weighted by atomic mass is 127. The van der Waals surface area contributed by atoms with E-state index in [-0.39, 0.29) is 17.4 Å². The number of nitrogens with zero attached hydrogens (tertiary/aromatic N) is 2. The van der Waals surface area contributed by atoms with Gasteiger partial charge in [-0.25, -0.2) is 8.78 Å². The Balaban J connectivity index is 1.67. The maximum Gasteiger partial charge on any atom is 0.255 e. The molecule has 0 aromatic heterocycles. The summed E-state index contributed by atoms with van der Waals surface area (Å²) in [5, 5.41) is 0.487. The summed E-state index contributed by atoms with van der Waals surface area (Å²) < 4.78 is 27.1. The number of carbonyl (C=O) groups is 2. The van der Waals surface area contributed by atoms with Crippen LogP contribution in [0.5, 0.6) is 0 Å². The molecule has 1 heterocycles. The fourth-order valence-corrected chi connectivity index (χ4v) is 3.49. The van der Waals surface area contributed by atoms with Gasteiger partial charge in [-0.15, -0.1) is 0 Å².